The van der Waals surface area contributed by atoms with Crippen molar-refractivity contribution in [2.24, 2.45) is 0 Å². The number of halogens is 12. The second-order valence-corrected chi connectivity index (χ2v) is 14.3. The maximum absolute atomic E-state index is 15.3. The minimum absolute atomic E-state index is 0.118. The molecule has 6 rings (SSSR count). The van der Waals surface area contributed by atoms with Crippen LogP contribution in [0.4, 0.5) is 69.7 Å². The molecule has 6 aromatic rings. The molecule has 0 unspecified atom stereocenters. The van der Waals surface area contributed by atoms with Crippen molar-refractivity contribution in [3.05, 3.63) is 87.3 Å². The van der Waals surface area contributed by atoms with E-state index in [1.807, 2.05) is 0 Å². The van der Waals surface area contributed by atoms with Gasteiger partial charge in [0.1, 0.15) is 28.1 Å². The van der Waals surface area contributed by atoms with E-state index >= 15 is 43.9 Å². The summed E-state index contributed by atoms with van der Waals surface area (Å²) < 4.78 is 209. The fourth-order valence-corrected chi connectivity index (χ4v) is 6.41. The van der Waals surface area contributed by atoms with Crippen LogP contribution in [0.15, 0.2) is 13.6 Å². The molecule has 0 fully saturated rings. The smallest absolute Gasteiger partial charge is 0.379 e. The fraction of sp³-hybridized carbons (Fsp3) is 0.341. The number of carbonyl (C=O) groups excluding carboxylic acids is 3. The Labute approximate surface area is 400 Å². The van der Waals surface area contributed by atoms with Crippen LogP contribution in [-0.4, -0.2) is 125 Å². The first kappa shape index (κ1) is 54.3. The molecule has 392 valence electrons. The Kier molecular flexibility index (Phi) is 17.8. The van der Waals surface area contributed by atoms with Gasteiger partial charge < -0.3 is 49.0 Å². The molecule has 0 atom stereocenters. The molecule has 3 aromatic carbocycles. The molecular weight excluding hydrogens is 1020 g/mol. The maximum atomic E-state index is 15.3. The Morgan fingerprint density at radius 1 is 0.411 bits per heavy atom. The highest BCUT2D eigenvalue weighted by atomic mass is 19.2. The third kappa shape index (κ3) is 11.7. The van der Waals surface area contributed by atoms with Crippen molar-refractivity contribution in [3.8, 4) is 34.4 Å². The van der Waals surface area contributed by atoms with E-state index in [2.05, 4.69) is 70.2 Å². The van der Waals surface area contributed by atoms with Crippen molar-refractivity contribution in [3.63, 3.8) is 0 Å². The zero-order chi connectivity index (χ0) is 53.3. The summed E-state index contributed by atoms with van der Waals surface area (Å²) in [7, 11) is 0. The number of ether oxygens (including phenoxy) is 3. The van der Waals surface area contributed by atoms with E-state index in [4.69, 9.17) is 9.26 Å². The highest BCUT2D eigenvalue weighted by molar-refractivity contribution is 5.87. The molecule has 32 heteroatoms. The van der Waals surface area contributed by atoms with Gasteiger partial charge in [-0.1, -0.05) is 0 Å². The van der Waals surface area contributed by atoms with Crippen molar-refractivity contribution in [2.75, 3.05) is 88.1 Å². The van der Waals surface area contributed by atoms with Crippen LogP contribution >= 0.6 is 0 Å². The molecule has 20 nitrogen and oxygen atoms in total. The Morgan fingerprint density at radius 3 is 1.11 bits per heavy atom. The van der Waals surface area contributed by atoms with Crippen LogP contribution in [0.25, 0.3) is 34.4 Å². The molecule has 0 amide bonds. The quantitative estimate of drug-likeness (QED) is 0.0125. The van der Waals surface area contributed by atoms with Crippen molar-refractivity contribution in [1.82, 2.24) is 40.6 Å². The molecular formula is C41H35F12N11O9. The number of hydrogen-bond acceptors (Lipinski definition) is 20. The topological polar surface area (TPSA) is 247 Å². The van der Waals surface area contributed by atoms with Crippen LogP contribution in [0.5, 0.6) is 0 Å². The van der Waals surface area contributed by atoms with Gasteiger partial charge in [-0.3, -0.25) is 4.90 Å². The summed E-state index contributed by atoms with van der Waals surface area (Å²) in [6, 6.07) is 0. The maximum Gasteiger partial charge on any atom is 0.379 e. The number of nitrogens with one attached hydrogen (secondary N) is 4. The van der Waals surface area contributed by atoms with Gasteiger partial charge in [0.15, 0.2) is 69.8 Å². The van der Waals surface area contributed by atoms with Crippen LogP contribution in [0.2, 0.25) is 0 Å². The van der Waals surface area contributed by atoms with Gasteiger partial charge in [0.05, 0.1) is 25.5 Å². The number of aromatic nitrogens is 6. The third-order valence-electron chi connectivity index (χ3n) is 9.76. The molecule has 0 saturated heterocycles. The minimum atomic E-state index is -2.25. The van der Waals surface area contributed by atoms with E-state index in [0.29, 0.717) is 0 Å². The molecule has 0 saturated carbocycles. The van der Waals surface area contributed by atoms with E-state index < -0.39 is 176 Å². The Bertz CT molecular complexity index is 2830. The fourth-order valence-electron chi connectivity index (χ4n) is 6.41. The molecule has 0 aliphatic rings. The number of benzene rings is 3. The van der Waals surface area contributed by atoms with Crippen molar-refractivity contribution < 1.29 is 94.8 Å². The average Bonchev–Trinajstić information content (AvgIpc) is 4.18. The number of nitrogens with zero attached hydrogens (tertiary/aromatic N) is 7. The van der Waals surface area contributed by atoms with Crippen LogP contribution in [0.1, 0.15) is 52.6 Å². The Hall–Kier alpha value is -8.03. The van der Waals surface area contributed by atoms with Gasteiger partial charge >= 0.3 is 17.9 Å². The van der Waals surface area contributed by atoms with Gasteiger partial charge in [0.2, 0.25) is 0 Å². The van der Waals surface area contributed by atoms with Crippen LogP contribution < -0.4 is 21.3 Å². The zero-order valence-corrected chi connectivity index (χ0v) is 37.6. The molecule has 3 aromatic heterocycles. The first-order valence-electron chi connectivity index (χ1n) is 21.1. The van der Waals surface area contributed by atoms with E-state index in [1.54, 1.807) is 0 Å². The third-order valence-corrected chi connectivity index (χ3v) is 9.76. The summed E-state index contributed by atoms with van der Waals surface area (Å²) >= 11 is 0. The first-order chi connectivity index (χ1) is 34.9. The summed E-state index contributed by atoms with van der Waals surface area (Å²) in [5, 5.41) is 19.1. The highest BCUT2D eigenvalue weighted by Crippen LogP contribution is 2.37. The lowest BCUT2D eigenvalue weighted by Gasteiger charge is -2.24. The van der Waals surface area contributed by atoms with Crippen LogP contribution in [-0.2, 0) is 14.2 Å². The number of esters is 3. The highest BCUT2D eigenvalue weighted by Gasteiger charge is 2.34. The lowest BCUT2D eigenvalue weighted by molar-refractivity contribution is 0.0499. The molecule has 0 bridgehead atoms. The molecule has 0 aliphatic heterocycles. The molecule has 73 heavy (non-hydrogen) atoms. The van der Waals surface area contributed by atoms with E-state index in [-0.39, 0.29) is 52.5 Å². The lowest BCUT2D eigenvalue weighted by Crippen LogP contribution is -2.39. The van der Waals surface area contributed by atoms with Crippen molar-refractivity contribution in [2.45, 2.75) is 20.8 Å². The second kappa shape index (κ2) is 23.9. The summed E-state index contributed by atoms with van der Waals surface area (Å²) in [5.74, 6) is -33.5. The van der Waals surface area contributed by atoms with E-state index in [9.17, 15) is 23.2 Å². The Morgan fingerprint density at radius 2 is 0.726 bits per heavy atom. The molecule has 4 N–H and O–H groups in total. The standard InChI is InChI=1S/C41H35F12N11O9/c1-4-68-39(65)33-58-36(71-61-33)15-18(42)25(49)31(26(50)19(15)43)56-10-13-64(14-11-57-32-27(51)20(44)16(21(45)28(32)52)37-59-34(62-72-37)40(66)69-5-2)12-9-54-7-8-55-30-17(22(46)23(47)24(48)29(30)53)38-60-35(63-73-38)41(67)70-6-3/h54-57H,4-14H2,1-3H3. The van der Waals surface area contributed by atoms with Crippen LogP contribution in [0, 0.1) is 69.8 Å². The van der Waals surface area contributed by atoms with Gasteiger partial charge in [-0.15, -0.1) is 0 Å². The molecule has 0 radical (unpaired) electrons. The number of anilines is 3. The number of rotatable bonds is 24. The van der Waals surface area contributed by atoms with Gasteiger partial charge in [0.25, 0.3) is 35.1 Å². The average molecular weight is 1050 g/mol. The number of hydrogen-bond donors (Lipinski definition) is 4. The van der Waals surface area contributed by atoms with Gasteiger partial charge in [-0.2, -0.15) is 15.0 Å². The molecule has 3 heterocycles. The summed E-state index contributed by atoms with van der Waals surface area (Å²) in [6.07, 6.45) is 0. The van der Waals surface area contributed by atoms with Gasteiger partial charge in [-0.25, -0.2) is 67.1 Å². The zero-order valence-electron chi connectivity index (χ0n) is 37.6. The lowest BCUT2D eigenvalue weighted by atomic mass is 10.1. The normalized spacial score (nSPS) is 11.3. The van der Waals surface area contributed by atoms with Crippen molar-refractivity contribution >= 4 is 35.0 Å². The largest absolute Gasteiger partial charge is 0.460 e. The first-order valence-corrected chi connectivity index (χ1v) is 21.1. The summed E-state index contributed by atoms with van der Waals surface area (Å²) in [5.41, 5.74) is -7.71. The van der Waals surface area contributed by atoms with Gasteiger partial charge in [0, 0.05) is 52.4 Å². The predicted molar refractivity (Wildman–Crippen MR) is 221 cm³/mol. The summed E-state index contributed by atoms with van der Waals surface area (Å²) in [4.78, 5) is 47.5. The van der Waals surface area contributed by atoms with E-state index in [1.165, 1.54) is 25.7 Å². The monoisotopic (exact) mass is 1050 g/mol. The second-order valence-electron chi connectivity index (χ2n) is 14.3. The van der Waals surface area contributed by atoms with Crippen LogP contribution in [0.3, 0.4) is 0 Å². The predicted octanol–water partition coefficient (Wildman–Crippen LogP) is 6.56. The summed E-state index contributed by atoms with van der Waals surface area (Å²) in [6.45, 7) is 1.15. The SMILES string of the molecule is CCOC(=O)c1noc(-c2c(F)c(F)c(NCCN(CCNCCNc3c(F)c(F)c(F)c(F)c3-c3nc(C(=O)OCC)no3)CCNc3c(F)c(F)c(-c4nc(C(=O)OCC)no4)c(F)c3F)c(F)c2F)n1. The molecule has 0 aliphatic carbocycles. The minimum Gasteiger partial charge on any atom is -0.460 e. The van der Waals surface area contributed by atoms with Crippen molar-refractivity contribution in [1.29, 1.82) is 0 Å². The molecule has 0 spiro atoms. The van der Waals surface area contributed by atoms with Gasteiger partial charge in [-0.05, 0) is 36.2 Å². The number of carbonyl (C=O) groups is 3. The van der Waals surface area contributed by atoms with E-state index in [0.717, 1.165) is 0 Å². The Balaban J connectivity index is 1.16.